The molecule has 1 aromatic carbocycles. The van der Waals surface area contributed by atoms with E-state index >= 15 is 0 Å². The number of methoxy groups -OCH3 is 2. The zero-order chi connectivity index (χ0) is 14.5. The van der Waals surface area contributed by atoms with Gasteiger partial charge in [0.05, 0.1) is 20.4 Å². The molecular weight excluding hydrogens is 324 g/mol. The summed E-state index contributed by atoms with van der Waals surface area (Å²) in [5.41, 5.74) is 7.17. The highest BCUT2D eigenvalue weighted by molar-refractivity contribution is 9.10. The zero-order valence-electron chi connectivity index (χ0n) is 11.5. The smallest absolute Gasteiger partial charge is 0.161 e. The molecule has 0 aliphatic rings. The fourth-order valence-corrected chi connectivity index (χ4v) is 2.36. The maximum Gasteiger partial charge on any atom is 0.161 e. The van der Waals surface area contributed by atoms with Gasteiger partial charge in [-0.2, -0.15) is 0 Å². The summed E-state index contributed by atoms with van der Waals surface area (Å²) in [6, 6.07) is 3.73. The van der Waals surface area contributed by atoms with Crippen LogP contribution in [0.1, 0.15) is 6.42 Å². The molecule has 0 fully saturated rings. The molecule has 0 radical (unpaired) electrons. The van der Waals surface area contributed by atoms with Gasteiger partial charge in [0.25, 0.3) is 0 Å². The van der Waals surface area contributed by atoms with Gasteiger partial charge in [-0.1, -0.05) is 5.21 Å². The summed E-state index contributed by atoms with van der Waals surface area (Å²) in [6.45, 7) is 1.39. The Kier molecular flexibility index (Phi) is 4.97. The van der Waals surface area contributed by atoms with Crippen LogP contribution in [0.4, 0.5) is 0 Å². The number of nitrogens with zero attached hydrogens (tertiary/aromatic N) is 3. The van der Waals surface area contributed by atoms with Gasteiger partial charge in [-0.3, -0.25) is 4.68 Å². The number of halogens is 1. The van der Waals surface area contributed by atoms with Crippen molar-refractivity contribution in [1.82, 2.24) is 15.0 Å². The van der Waals surface area contributed by atoms with Crippen LogP contribution in [0.2, 0.25) is 0 Å². The quantitative estimate of drug-likeness (QED) is 0.871. The SMILES string of the molecule is COc1cc(Br)c(-c2cn(CCCN)nn2)cc1OC. The molecule has 0 bridgehead atoms. The average molecular weight is 341 g/mol. The Labute approximate surface area is 126 Å². The minimum atomic E-state index is 0.634. The number of benzene rings is 1. The highest BCUT2D eigenvalue weighted by atomic mass is 79.9. The van der Waals surface area contributed by atoms with Crippen molar-refractivity contribution >= 4 is 15.9 Å². The molecule has 20 heavy (non-hydrogen) atoms. The van der Waals surface area contributed by atoms with E-state index in [1.807, 2.05) is 18.3 Å². The van der Waals surface area contributed by atoms with Crippen molar-refractivity contribution in [3.63, 3.8) is 0 Å². The van der Waals surface area contributed by atoms with Crippen LogP contribution in [-0.4, -0.2) is 35.8 Å². The monoisotopic (exact) mass is 340 g/mol. The molecule has 0 aliphatic carbocycles. The van der Waals surface area contributed by atoms with Crippen LogP contribution in [0, 0.1) is 0 Å². The molecule has 0 saturated heterocycles. The summed E-state index contributed by atoms with van der Waals surface area (Å²) in [7, 11) is 3.21. The Hall–Kier alpha value is -1.60. The first kappa shape index (κ1) is 14.8. The molecule has 2 rings (SSSR count). The lowest BCUT2D eigenvalue weighted by Gasteiger charge is -2.10. The Bertz CT molecular complexity index is 586. The van der Waals surface area contributed by atoms with Crippen LogP contribution >= 0.6 is 15.9 Å². The molecule has 0 spiro atoms. The number of hydrogen-bond donors (Lipinski definition) is 1. The molecule has 108 valence electrons. The van der Waals surface area contributed by atoms with E-state index in [2.05, 4.69) is 26.2 Å². The predicted molar refractivity (Wildman–Crippen MR) is 79.9 cm³/mol. The molecule has 2 N–H and O–H groups in total. The molecule has 0 unspecified atom stereocenters. The first-order valence-corrected chi connectivity index (χ1v) is 7.01. The first-order valence-electron chi connectivity index (χ1n) is 6.21. The summed E-state index contributed by atoms with van der Waals surface area (Å²) in [4.78, 5) is 0. The Morgan fingerprint density at radius 1 is 1.25 bits per heavy atom. The van der Waals surface area contributed by atoms with Crippen molar-refractivity contribution in [2.75, 3.05) is 20.8 Å². The molecule has 0 atom stereocenters. The van der Waals surface area contributed by atoms with E-state index in [-0.39, 0.29) is 0 Å². The van der Waals surface area contributed by atoms with Crippen LogP contribution in [0.15, 0.2) is 22.8 Å². The van der Waals surface area contributed by atoms with Crippen molar-refractivity contribution < 1.29 is 9.47 Å². The minimum absolute atomic E-state index is 0.634. The van der Waals surface area contributed by atoms with Crippen molar-refractivity contribution in [2.45, 2.75) is 13.0 Å². The number of rotatable bonds is 6. The van der Waals surface area contributed by atoms with Gasteiger partial charge < -0.3 is 15.2 Å². The number of hydrogen-bond acceptors (Lipinski definition) is 5. The van der Waals surface area contributed by atoms with Crippen LogP contribution < -0.4 is 15.2 Å². The van der Waals surface area contributed by atoms with Gasteiger partial charge in [0.15, 0.2) is 11.5 Å². The highest BCUT2D eigenvalue weighted by Gasteiger charge is 2.13. The van der Waals surface area contributed by atoms with Gasteiger partial charge in [0.2, 0.25) is 0 Å². The molecule has 7 heteroatoms. The van der Waals surface area contributed by atoms with E-state index in [9.17, 15) is 0 Å². The third-order valence-electron chi connectivity index (χ3n) is 2.88. The highest BCUT2D eigenvalue weighted by Crippen LogP contribution is 2.37. The Balaban J connectivity index is 2.34. The summed E-state index contributed by atoms with van der Waals surface area (Å²) < 4.78 is 13.2. The van der Waals surface area contributed by atoms with Crippen molar-refractivity contribution in [3.05, 3.63) is 22.8 Å². The molecule has 0 aliphatic heterocycles. The fourth-order valence-electron chi connectivity index (χ4n) is 1.83. The predicted octanol–water partition coefficient (Wildman–Crippen LogP) is 2.07. The molecule has 0 saturated carbocycles. The molecule has 0 amide bonds. The summed E-state index contributed by atoms with van der Waals surface area (Å²) in [5.74, 6) is 1.32. The maximum absolute atomic E-state index is 5.49. The third kappa shape index (κ3) is 3.10. The number of nitrogens with two attached hydrogens (primary N) is 1. The van der Waals surface area contributed by atoms with E-state index in [1.165, 1.54) is 0 Å². The zero-order valence-corrected chi connectivity index (χ0v) is 13.1. The topological polar surface area (TPSA) is 75.2 Å². The van der Waals surface area contributed by atoms with Gasteiger partial charge in [-0.15, -0.1) is 5.10 Å². The molecule has 2 aromatic rings. The normalized spacial score (nSPS) is 10.6. The number of ether oxygens (including phenoxy) is 2. The molecule has 1 heterocycles. The first-order chi connectivity index (χ1) is 9.69. The van der Waals surface area contributed by atoms with Crippen molar-refractivity contribution in [3.8, 4) is 22.8 Å². The second kappa shape index (κ2) is 6.71. The lowest BCUT2D eigenvalue weighted by Crippen LogP contribution is -2.06. The van der Waals surface area contributed by atoms with Crippen molar-refractivity contribution in [1.29, 1.82) is 0 Å². The minimum Gasteiger partial charge on any atom is -0.493 e. The summed E-state index contributed by atoms with van der Waals surface area (Å²) in [5, 5.41) is 8.26. The Morgan fingerprint density at radius 2 is 1.95 bits per heavy atom. The second-order valence-corrected chi connectivity index (χ2v) is 5.05. The summed E-state index contributed by atoms with van der Waals surface area (Å²) >= 11 is 3.52. The van der Waals surface area contributed by atoms with Crippen LogP contribution in [0.5, 0.6) is 11.5 Å². The van der Waals surface area contributed by atoms with Crippen LogP contribution in [-0.2, 0) is 6.54 Å². The maximum atomic E-state index is 5.49. The van der Waals surface area contributed by atoms with E-state index in [0.29, 0.717) is 18.0 Å². The van der Waals surface area contributed by atoms with Crippen molar-refractivity contribution in [2.24, 2.45) is 5.73 Å². The van der Waals surface area contributed by atoms with Gasteiger partial charge in [0.1, 0.15) is 5.69 Å². The third-order valence-corrected chi connectivity index (χ3v) is 3.54. The van der Waals surface area contributed by atoms with E-state index in [1.54, 1.807) is 18.9 Å². The summed E-state index contributed by atoms with van der Waals surface area (Å²) in [6.07, 6.45) is 2.76. The average Bonchev–Trinajstić information content (AvgIpc) is 2.93. The lowest BCUT2D eigenvalue weighted by atomic mass is 10.1. The molecule has 1 aromatic heterocycles. The van der Waals surface area contributed by atoms with Gasteiger partial charge in [-0.25, -0.2) is 0 Å². The lowest BCUT2D eigenvalue weighted by molar-refractivity contribution is 0.355. The molecular formula is C13H17BrN4O2. The van der Waals surface area contributed by atoms with E-state index in [0.717, 1.165) is 28.7 Å². The number of aryl methyl sites for hydroxylation is 1. The van der Waals surface area contributed by atoms with Gasteiger partial charge in [-0.05, 0) is 41.0 Å². The number of aromatic nitrogens is 3. The van der Waals surface area contributed by atoms with E-state index < -0.39 is 0 Å². The standard InChI is InChI=1S/C13H17BrN4O2/c1-19-12-6-9(10(14)7-13(12)20-2)11-8-18(17-16-11)5-3-4-15/h6-8H,3-5,15H2,1-2H3. The van der Waals surface area contributed by atoms with Gasteiger partial charge >= 0.3 is 0 Å². The van der Waals surface area contributed by atoms with Gasteiger partial charge in [0, 0.05) is 16.6 Å². The van der Waals surface area contributed by atoms with E-state index in [4.69, 9.17) is 15.2 Å². The Morgan fingerprint density at radius 3 is 2.60 bits per heavy atom. The fraction of sp³-hybridized carbons (Fsp3) is 0.385. The van der Waals surface area contributed by atoms with Crippen LogP contribution in [0.25, 0.3) is 11.3 Å². The second-order valence-electron chi connectivity index (χ2n) is 4.20. The molecule has 6 nitrogen and oxygen atoms in total. The largest absolute Gasteiger partial charge is 0.493 e. The van der Waals surface area contributed by atoms with Crippen LogP contribution in [0.3, 0.4) is 0 Å².